The minimum absolute atomic E-state index is 0.349. The monoisotopic (exact) mass is 238 g/mol. The van der Waals surface area contributed by atoms with Crippen LogP contribution in [0.5, 0.6) is 5.75 Å². The van der Waals surface area contributed by atoms with Crippen LogP contribution in [0.4, 0.5) is 0 Å². The molecule has 0 radical (unpaired) electrons. The standard InChI is InChI=1S/C13H18O4/c1-13(9-14,12(15)16)8-7-10-3-5-11(17-2)6-4-10/h3-6,14H,7-9H2,1-2H3,(H,15,16). The summed E-state index contributed by atoms with van der Waals surface area (Å²) in [4.78, 5) is 11.0. The molecule has 0 aliphatic rings. The summed E-state index contributed by atoms with van der Waals surface area (Å²) in [7, 11) is 1.60. The molecule has 0 bridgehead atoms. The third-order valence-corrected chi connectivity index (χ3v) is 2.99. The Morgan fingerprint density at radius 2 is 1.94 bits per heavy atom. The van der Waals surface area contributed by atoms with Gasteiger partial charge < -0.3 is 14.9 Å². The molecule has 1 unspecified atom stereocenters. The molecule has 0 amide bonds. The molecule has 1 aromatic carbocycles. The quantitative estimate of drug-likeness (QED) is 0.791. The van der Waals surface area contributed by atoms with E-state index in [1.165, 1.54) is 0 Å². The van der Waals surface area contributed by atoms with Crippen LogP contribution in [0.25, 0.3) is 0 Å². The van der Waals surface area contributed by atoms with Gasteiger partial charge in [0.15, 0.2) is 0 Å². The highest BCUT2D eigenvalue weighted by molar-refractivity contribution is 5.74. The largest absolute Gasteiger partial charge is 0.497 e. The number of hydrogen-bond acceptors (Lipinski definition) is 3. The van der Waals surface area contributed by atoms with Crippen molar-refractivity contribution in [2.75, 3.05) is 13.7 Å². The van der Waals surface area contributed by atoms with Gasteiger partial charge in [-0.05, 0) is 37.5 Å². The van der Waals surface area contributed by atoms with Gasteiger partial charge in [0.1, 0.15) is 5.75 Å². The van der Waals surface area contributed by atoms with Gasteiger partial charge in [-0.2, -0.15) is 0 Å². The molecule has 0 aliphatic heterocycles. The first kappa shape index (κ1) is 13.5. The average molecular weight is 238 g/mol. The first-order valence-electron chi connectivity index (χ1n) is 5.49. The van der Waals surface area contributed by atoms with Gasteiger partial charge in [-0.1, -0.05) is 12.1 Å². The molecule has 17 heavy (non-hydrogen) atoms. The van der Waals surface area contributed by atoms with Crippen molar-refractivity contribution in [2.45, 2.75) is 19.8 Å². The Hall–Kier alpha value is -1.55. The van der Waals surface area contributed by atoms with E-state index in [4.69, 9.17) is 14.9 Å². The first-order valence-corrected chi connectivity index (χ1v) is 5.49. The van der Waals surface area contributed by atoms with Gasteiger partial charge in [0.05, 0.1) is 19.1 Å². The van der Waals surface area contributed by atoms with E-state index in [1.807, 2.05) is 24.3 Å². The van der Waals surface area contributed by atoms with E-state index in [0.29, 0.717) is 12.8 Å². The molecule has 1 atom stereocenters. The smallest absolute Gasteiger partial charge is 0.311 e. The zero-order chi connectivity index (χ0) is 12.9. The molecule has 0 heterocycles. The first-order chi connectivity index (χ1) is 8.01. The fourth-order valence-corrected chi connectivity index (χ4v) is 1.47. The predicted molar refractivity (Wildman–Crippen MR) is 64.1 cm³/mol. The van der Waals surface area contributed by atoms with Crippen LogP contribution in [-0.2, 0) is 11.2 Å². The zero-order valence-corrected chi connectivity index (χ0v) is 10.1. The summed E-state index contributed by atoms with van der Waals surface area (Å²) < 4.78 is 5.04. The van der Waals surface area contributed by atoms with E-state index in [2.05, 4.69) is 0 Å². The van der Waals surface area contributed by atoms with E-state index >= 15 is 0 Å². The topological polar surface area (TPSA) is 66.8 Å². The molecule has 0 saturated carbocycles. The number of aliphatic carboxylic acids is 1. The Morgan fingerprint density at radius 3 is 2.35 bits per heavy atom. The predicted octanol–water partition coefficient (Wildman–Crippen LogP) is 1.71. The van der Waals surface area contributed by atoms with E-state index in [1.54, 1.807) is 14.0 Å². The van der Waals surface area contributed by atoms with Crippen molar-refractivity contribution < 1.29 is 19.7 Å². The molecular formula is C13H18O4. The van der Waals surface area contributed by atoms with E-state index in [9.17, 15) is 4.79 Å². The molecule has 4 heteroatoms. The summed E-state index contributed by atoms with van der Waals surface area (Å²) in [5.41, 5.74) is -0.0355. The second-order valence-corrected chi connectivity index (χ2v) is 4.37. The summed E-state index contributed by atoms with van der Waals surface area (Å²) in [6, 6.07) is 7.48. The Balaban J connectivity index is 2.63. The zero-order valence-electron chi connectivity index (χ0n) is 10.1. The summed E-state index contributed by atoms with van der Waals surface area (Å²) in [6.07, 6.45) is 1.03. The second kappa shape index (κ2) is 5.68. The van der Waals surface area contributed by atoms with Gasteiger partial charge >= 0.3 is 5.97 Å². The summed E-state index contributed by atoms with van der Waals surface area (Å²) in [5, 5.41) is 18.1. The highest BCUT2D eigenvalue weighted by atomic mass is 16.5. The molecule has 94 valence electrons. The number of benzene rings is 1. The number of ether oxygens (including phenoxy) is 1. The van der Waals surface area contributed by atoms with Crippen molar-refractivity contribution in [3.63, 3.8) is 0 Å². The maximum Gasteiger partial charge on any atom is 0.311 e. The fourth-order valence-electron chi connectivity index (χ4n) is 1.47. The Morgan fingerprint density at radius 1 is 1.35 bits per heavy atom. The van der Waals surface area contributed by atoms with Gasteiger partial charge in [-0.15, -0.1) is 0 Å². The number of aliphatic hydroxyl groups excluding tert-OH is 1. The minimum atomic E-state index is -1.07. The van der Waals surface area contributed by atoms with Crippen LogP contribution in [-0.4, -0.2) is 29.9 Å². The number of hydrogen-bond donors (Lipinski definition) is 2. The molecule has 1 aromatic rings. The van der Waals surface area contributed by atoms with Crippen LogP contribution in [0, 0.1) is 5.41 Å². The lowest BCUT2D eigenvalue weighted by Crippen LogP contribution is -2.32. The number of carboxylic acid groups (broad SMARTS) is 1. The van der Waals surface area contributed by atoms with Crippen LogP contribution in [0.1, 0.15) is 18.9 Å². The van der Waals surface area contributed by atoms with E-state index in [0.717, 1.165) is 11.3 Å². The Kier molecular flexibility index (Phi) is 4.52. The minimum Gasteiger partial charge on any atom is -0.497 e. The molecule has 4 nitrogen and oxygen atoms in total. The van der Waals surface area contributed by atoms with Gasteiger partial charge in [0, 0.05) is 0 Å². The van der Waals surface area contributed by atoms with Crippen molar-refractivity contribution >= 4 is 5.97 Å². The number of rotatable bonds is 6. The molecule has 2 N–H and O–H groups in total. The number of carbonyl (C=O) groups is 1. The van der Waals surface area contributed by atoms with Crippen molar-refractivity contribution in [2.24, 2.45) is 5.41 Å². The van der Waals surface area contributed by atoms with Crippen LogP contribution in [0.15, 0.2) is 24.3 Å². The lowest BCUT2D eigenvalue weighted by atomic mass is 9.85. The summed E-state index contributed by atoms with van der Waals surface area (Å²) in [5.74, 6) is -0.189. The lowest BCUT2D eigenvalue weighted by molar-refractivity contribution is -0.150. The summed E-state index contributed by atoms with van der Waals surface area (Å²) in [6.45, 7) is 1.21. The molecule has 1 rings (SSSR count). The number of aliphatic hydroxyl groups is 1. The van der Waals surface area contributed by atoms with Gasteiger partial charge in [-0.3, -0.25) is 4.79 Å². The third-order valence-electron chi connectivity index (χ3n) is 2.99. The van der Waals surface area contributed by atoms with Crippen molar-refractivity contribution in [1.82, 2.24) is 0 Å². The summed E-state index contributed by atoms with van der Waals surface area (Å²) >= 11 is 0. The molecule has 0 saturated heterocycles. The molecular weight excluding hydrogens is 220 g/mol. The van der Waals surface area contributed by atoms with Crippen LogP contribution in [0.3, 0.4) is 0 Å². The maximum atomic E-state index is 11.0. The van der Waals surface area contributed by atoms with Gasteiger partial charge in [-0.25, -0.2) is 0 Å². The Bertz CT molecular complexity index is 372. The molecule has 0 aliphatic carbocycles. The fraction of sp³-hybridized carbons (Fsp3) is 0.462. The highest BCUT2D eigenvalue weighted by Gasteiger charge is 2.31. The molecule has 0 fully saturated rings. The average Bonchev–Trinajstić information content (AvgIpc) is 2.36. The van der Waals surface area contributed by atoms with Crippen molar-refractivity contribution in [3.05, 3.63) is 29.8 Å². The molecule has 0 aromatic heterocycles. The van der Waals surface area contributed by atoms with Crippen LogP contribution >= 0.6 is 0 Å². The second-order valence-electron chi connectivity index (χ2n) is 4.37. The lowest BCUT2D eigenvalue weighted by Gasteiger charge is -2.21. The van der Waals surface area contributed by atoms with E-state index < -0.39 is 11.4 Å². The van der Waals surface area contributed by atoms with Crippen molar-refractivity contribution in [1.29, 1.82) is 0 Å². The number of aryl methyl sites for hydroxylation is 1. The Labute approximate surface area is 101 Å². The van der Waals surface area contributed by atoms with Crippen LogP contribution < -0.4 is 4.74 Å². The van der Waals surface area contributed by atoms with Crippen LogP contribution in [0.2, 0.25) is 0 Å². The maximum absolute atomic E-state index is 11.0. The highest BCUT2D eigenvalue weighted by Crippen LogP contribution is 2.24. The van der Waals surface area contributed by atoms with Gasteiger partial charge in [0.25, 0.3) is 0 Å². The number of methoxy groups -OCH3 is 1. The normalized spacial score (nSPS) is 14.1. The van der Waals surface area contributed by atoms with Crippen molar-refractivity contribution in [3.8, 4) is 5.75 Å². The SMILES string of the molecule is COc1ccc(CCC(C)(CO)C(=O)O)cc1. The van der Waals surface area contributed by atoms with E-state index in [-0.39, 0.29) is 6.61 Å². The third kappa shape index (κ3) is 3.46. The molecule has 0 spiro atoms. The van der Waals surface area contributed by atoms with Gasteiger partial charge in [0.2, 0.25) is 0 Å². The number of carboxylic acids is 1.